The van der Waals surface area contributed by atoms with Gasteiger partial charge in [-0.15, -0.1) is 0 Å². The maximum absolute atomic E-state index is 11.6. The first kappa shape index (κ1) is 12.0. The Bertz CT molecular complexity index is 574. The van der Waals surface area contributed by atoms with Crippen molar-refractivity contribution >= 4 is 15.9 Å². The maximum Gasteiger partial charge on any atom is 0.251 e. The molecule has 0 fully saturated rings. The van der Waals surface area contributed by atoms with Crippen molar-refractivity contribution in [2.24, 2.45) is 0 Å². The first-order chi connectivity index (χ1) is 8.06. The molecule has 5 nitrogen and oxygen atoms in total. The van der Waals surface area contributed by atoms with Crippen molar-refractivity contribution in [3.63, 3.8) is 0 Å². The summed E-state index contributed by atoms with van der Waals surface area (Å²) in [4.78, 5) is 15.8. The van der Waals surface area contributed by atoms with Gasteiger partial charge >= 0.3 is 0 Å². The van der Waals surface area contributed by atoms with Crippen molar-refractivity contribution in [2.45, 2.75) is 26.3 Å². The van der Waals surface area contributed by atoms with Gasteiger partial charge in [0.15, 0.2) is 5.82 Å². The van der Waals surface area contributed by atoms with Crippen molar-refractivity contribution in [1.29, 1.82) is 0 Å². The highest BCUT2D eigenvalue weighted by Gasteiger charge is 2.10. The van der Waals surface area contributed by atoms with Crippen molar-refractivity contribution in [2.75, 3.05) is 0 Å². The van der Waals surface area contributed by atoms with Crippen LogP contribution in [0.5, 0.6) is 0 Å². The summed E-state index contributed by atoms with van der Waals surface area (Å²) in [6, 6.07) is 3.19. The van der Waals surface area contributed by atoms with Gasteiger partial charge in [-0.05, 0) is 22.0 Å². The molecular weight excluding hydrogens is 286 g/mol. The first-order valence-corrected chi connectivity index (χ1v) is 6.04. The number of halogens is 1. The normalized spacial score (nSPS) is 11.1. The number of aromatic nitrogens is 3. The molecule has 0 atom stereocenters. The first-order valence-electron chi connectivity index (χ1n) is 5.24. The third-order valence-electron chi connectivity index (χ3n) is 2.25. The number of rotatable bonds is 3. The summed E-state index contributed by atoms with van der Waals surface area (Å²) in [5, 5.41) is 3.85. The zero-order valence-electron chi connectivity index (χ0n) is 9.55. The standard InChI is InChI=1S/C11H12BrN3O2/c1-7(2)11-13-9(17-14-11)6-15-5-8(12)3-4-10(15)16/h3-5,7H,6H2,1-2H3. The zero-order chi connectivity index (χ0) is 12.4. The molecule has 0 N–H and O–H groups in total. The third kappa shape index (κ3) is 2.82. The van der Waals surface area contributed by atoms with E-state index in [2.05, 4.69) is 26.1 Å². The number of hydrogen-bond donors (Lipinski definition) is 0. The lowest BCUT2D eigenvalue weighted by Gasteiger charge is -2.01. The smallest absolute Gasteiger partial charge is 0.251 e. The van der Waals surface area contributed by atoms with Gasteiger partial charge in [0.25, 0.3) is 5.56 Å². The van der Waals surface area contributed by atoms with Gasteiger partial charge in [0, 0.05) is 22.7 Å². The zero-order valence-corrected chi connectivity index (χ0v) is 11.1. The monoisotopic (exact) mass is 297 g/mol. The highest BCUT2D eigenvalue weighted by Crippen LogP contribution is 2.11. The molecule has 0 aliphatic carbocycles. The van der Waals surface area contributed by atoms with E-state index in [1.54, 1.807) is 12.3 Å². The van der Waals surface area contributed by atoms with E-state index in [1.165, 1.54) is 10.6 Å². The minimum Gasteiger partial charge on any atom is -0.337 e. The van der Waals surface area contributed by atoms with Crippen LogP contribution in [0.15, 0.2) is 32.1 Å². The summed E-state index contributed by atoms with van der Waals surface area (Å²) in [7, 11) is 0. The fourth-order valence-corrected chi connectivity index (χ4v) is 1.72. The van der Waals surface area contributed by atoms with Gasteiger partial charge in [0.1, 0.15) is 6.54 Å². The molecule has 0 aromatic carbocycles. The van der Waals surface area contributed by atoms with Crippen LogP contribution in [0, 0.1) is 0 Å². The highest BCUT2D eigenvalue weighted by atomic mass is 79.9. The van der Waals surface area contributed by atoms with Gasteiger partial charge in [-0.3, -0.25) is 4.79 Å². The minimum atomic E-state index is -0.0995. The molecule has 2 heterocycles. The fraction of sp³-hybridized carbons (Fsp3) is 0.364. The summed E-state index contributed by atoms with van der Waals surface area (Å²) in [5.41, 5.74) is -0.0995. The molecule has 2 aromatic rings. The van der Waals surface area contributed by atoms with Crippen LogP contribution in [0.25, 0.3) is 0 Å². The summed E-state index contributed by atoms with van der Waals surface area (Å²) in [6.07, 6.45) is 1.70. The van der Waals surface area contributed by atoms with E-state index >= 15 is 0 Å². The van der Waals surface area contributed by atoms with Crippen LogP contribution in [0.3, 0.4) is 0 Å². The quantitative estimate of drug-likeness (QED) is 0.871. The van der Waals surface area contributed by atoms with E-state index in [0.717, 1.165) is 4.47 Å². The Morgan fingerprint density at radius 3 is 2.88 bits per heavy atom. The summed E-state index contributed by atoms with van der Waals surface area (Å²) in [6.45, 7) is 4.26. The fourth-order valence-electron chi connectivity index (χ4n) is 1.34. The van der Waals surface area contributed by atoms with Gasteiger partial charge in [-0.1, -0.05) is 19.0 Å². The maximum atomic E-state index is 11.6. The highest BCUT2D eigenvalue weighted by molar-refractivity contribution is 9.10. The molecule has 2 rings (SSSR count). The Balaban J connectivity index is 2.25. The van der Waals surface area contributed by atoms with Crippen LogP contribution < -0.4 is 5.56 Å². The second-order valence-corrected chi connectivity index (χ2v) is 4.93. The second kappa shape index (κ2) is 4.83. The lowest BCUT2D eigenvalue weighted by Crippen LogP contribution is -2.18. The Hall–Kier alpha value is -1.43. The predicted octanol–water partition coefficient (Wildman–Crippen LogP) is 2.17. The van der Waals surface area contributed by atoms with E-state index in [-0.39, 0.29) is 18.0 Å². The molecule has 0 aliphatic heterocycles. The topological polar surface area (TPSA) is 60.9 Å². The Labute approximate surface area is 107 Å². The lowest BCUT2D eigenvalue weighted by molar-refractivity contribution is 0.363. The Morgan fingerprint density at radius 2 is 2.24 bits per heavy atom. The van der Waals surface area contributed by atoms with Crippen LogP contribution in [0.2, 0.25) is 0 Å². The number of pyridine rings is 1. The molecule has 0 saturated carbocycles. The molecule has 90 valence electrons. The minimum absolute atomic E-state index is 0.0995. The predicted molar refractivity (Wildman–Crippen MR) is 65.9 cm³/mol. The van der Waals surface area contributed by atoms with Gasteiger partial charge in [-0.25, -0.2) is 0 Å². The Kier molecular flexibility index (Phi) is 3.42. The summed E-state index contributed by atoms with van der Waals surface area (Å²) < 4.78 is 7.44. The largest absolute Gasteiger partial charge is 0.337 e. The van der Waals surface area contributed by atoms with E-state index in [4.69, 9.17) is 4.52 Å². The van der Waals surface area contributed by atoms with E-state index in [1.807, 2.05) is 13.8 Å². The number of hydrogen-bond acceptors (Lipinski definition) is 4. The SMILES string of the molecule is CC(C)c1noc(Cn2cc(Br)ccc2=O)n1. The molecule has 0 bridgehead atoms. The summed E-state index contributed by atoms with van der Waals surface area (Å²) in [5.74, 6) is 1.31. The molecular formula is C11H12BrN3O2. The van der Waals surface area contributed by atoms with Crippen molar-refractivity contribution in [3.05, 3.63) is 44.9 Å². The van der Waals surface area contributed by atoms with Crippen molar-refractivity contribution in [3.8, 4) is 0 Å². The molecule has 17 heavy (non-hydrogen) atoms. The molecule has 0 saturated heterocycles. The van der Waals surface area contributed by atoms with Crippen molar-refractivity contribution < 1.29 is 4.52 Å². The third-order valence-corrected chi connectivity index (χ3v) is 2.72. The van der Waals surface area contributed by atoms with Crippen LogP contribution in [-0.4, -0.2) is 14.7 Å². The number of nitrogens with zero attached hydrogens (tertiary/aromatic N) is 3. The molecule has 0 spiro atoms. The van der Waals surface area contributed by atoms with Crippen LogP contribution in [-0.2, 0) is 6.54 Å². The van der Waals surface area contributed by atoms with Crippen LogP contribution in [0.1, 0.15) is 31.5 Å². The molecule has 0 unspecified atom stereocenters. The molecule has 0 amide bonds. The van der Waals surface area contributed by atoms with E-state index in [9.17, 15) is 4.79 Å². The summed E-state index contributed by atoms with van der Waals surface area (Å²) >= 11 is 3.31. The molecule has 0 aliphatic rings. The van der Waals surface area contributed by atoms with Gasteiger partial charge < -0.3 is 9.09 Å². The molecule has 6 heteroatoms. The van der Waals surface area contributed by atoms with Gasteiger partial charge in [-0.2, -0.15) is 4.98 Å². The van der Waals surface area contributed by atoms with E-state index in [0.29, 0.717) is 11.7 Å². The lowest BCUT2D eigenvalue weighted by atomic mass is 10.2. The van der Waals surface area contributed by atoms with Crippen LogP contribution >= 0.6 is 15.9 Å². The molecule has 0 radical (unpaired) electrons. The van der Waals surface area contributed by atoms with E-state index < -0.39 is 0 Å². The second-order valence-electron chi connectivity index (χ2n) is 4.01. The van der Waals surface area contributed by atoms with Gasteiger partial charge in [0.05, 0.1) is 0 Å². The van der Waals surface area contributed by atoms with Gasteiger partial charge in [0.2, 0.25) is 5.89 Å². The van der Waals surface area contributed by atoms with Crippen LogP contribution in [0.4, 0.5) is 0 Å². The average molecular weight is 298 g/mol. The molecule has 2 aromatic heterocycles. The van der Waals surface area contributed by atoms with Crippen molar-refractivity contribution in [1.82, 2.24) is 14.7 Å². The average Bonchev–Trinajstić information content (AvgIpc) is 2.72. The Morgan fingerprint density at radius 1 is 1.47 bits per heavy atom.